The largest absolute Gasteiger partial charge is 0.479 e. The van der Waals surface area contributed by atoms with Crippen molar-refractivity contribution in [2.45, 2.75) is 26.2 Å². The Morgan fingerprint density at radius 3 is 2.65 bits per heavy atom. The maximum atomic E-state index is 9.99. The summed E-state index contributed by atoms with van der Waals surface area (Å²) in [6.07, 6.45) is 4.77. The van der Waals surface area contributed by atoms with Crippen LogP contribution in [0, 0.1) is 0 Å². The van der Waals surface area contributed by atoms with Crippen LogP contribution in [0.5, 0.6) is 5.95 Å². The monoisotopic (exact) mass is 388 g/mol. The number of benzene rings is 2. The molecule has 6 heteroatoms. The predicted octanol–water partition coefficient (Wildman–Crippen LogP) is 6.45. The Hall–Kier alpha value is -2.30. The second kappa shape index (κ2) is 8.39. The number of aryl methyl sites for hydroxylation is 1. The Kier molecular flexibility index (Phi) is 5.96. The number of nitrogens with zero attached hydrogens (tertiary/aromatic N) is 2. The summed E-state index contributed by atoms with van der Waals surface area (Å²) < 4.78 is 5.36. The lowest BCUT2D eigenvalue weighted by molar-refractivity contribution is 0.337. The van der Waals surface area contributed by atoms with Gasteiger partial charge in [-0.25, -0.2) is 4.98 Å². The summed E-state index contributed by atoms with van der Waals surface area (Å²) in [5, 5.41) is 11.0. The Labute approximate surface area is 162 Å². The molecule has 0 aliphatic heterocycles. The van der Waals surface area contributed by atoms with E-state index in [9.17, 15) is 5.11 Å². The molecule has 0 amide bonds. The van der Waals surface area contributed by atoms with E-state index >= 15 is 0 Å². The van der Waals surface area contributed by atoms with E-state index in [1.807, 2.05) is 24.3 Å². The Morgan fingerprint density at radius 1 is 1.15 bits per heavy atom. The topological polar surface area (TPSA) is 58.6 Å². The molecule has 0 saturated carbocycles. The Bertz CT molecular complexity index is 918. The molecular formula is C20H18Cl2N2O2. The molecular weight excluding hydrogens is 371 g/mol. The van der Waals surface area contributed by atoms with E-state index in [0.717, 1.165) is 24.8 Å². The van der Waals surface area contributed by atoms with Crippen molar-refractivity contribution in [1.82, 2.24) is 4.98 Å². The predicted molar refractivity (Wildman–Crippen MR) is 106 cm³/mol. The SMILES string of the molecule is CCCCc1ccc(-c2nc(C=Nc3cc(Cl)ccc3Cl)c(O)o2)cc1. The van der Waals surface area contributed by atoms with Gasteiger partial charge in [0, 0.05) is 10.6 Å². The third-order valence-corrected chi connectivity index (χ3v) is 4.44. The molecule has 1 heterocycles. The zero-order chi connectivity index (χ0) is 18.5. The van der Waals surface area contributed by atoms with Crippen molar-refractivity contribution in [1.29, 1.82) is 0 Å². The third kappa shape index (κ3) is 4.45. The Morgan fingerprint density at radius 2 is 1.92 bits per heavy atom. The number of rotatable bonds is 6. The lowest BCUT2D eigenvalue weighted by Gasteiger charge is -2.00. The molecule has 0 saturated heterocycles. The molecule has 4 nitrogen and oxygen atoms in total. The minimum atomic E-state index is -0.294. The summed E-state index contributed by atoms with van der Waals surface area (Å²) in [5.41, 5.74) is 2.78. The summed E-state index contributed by atoms with van der Waals surface area (Å²) in [6, 6.07) is 12.9. The van der Waals surface area contributed by atoms with Gasteiger partial charge in [-0.1, -0.05) is 48.7 Å². The number of aromatic hydroxyl groups is 1. The van der Waals surface area contributed by atoms with Crippen LogP contribution in [0.3, 0.4) is 0 Å². The zero-order valence-corrected chi connectivity index (χ0v) is 15.8. The molecule has 0 aliphatic rings. The van der Waals surface area contributed by atoms with Gasteiger partial charge in [0.15, 0.2) is 5.69 Å². The van der Waals surface area contributed by atoms with Crippen molar-refractivity contribution < 1.29 is 9.52 Å². The number of hydrogen-bond donors (Lipinski definition) is 1. The fourth-order valence-corrected chi connectivity index (χ4v) is 2.77. The van der Waals surface area contributed by atoms with E-state index < -0.39 is 0 Å². The van der Waals surface area contributed by atoms with Crippen LogP contribution in [-0.4, -0.2) is 16.3 Å². The smallest absolute Gasteiger partial charge is 0.312 e. The molecule has 26 heavy (non-hydrogen) atoms. The van der Waals surface area contributed by atoms with Crippen LogP contribution in [0.1, 0.15) is 31.0 Å². The number of aromatic nitrogens is 1. The van der Waals surface area contributed by atoms with Gasteiger partial charge in [-0.3, -0.25) is 4.99 Å². The highest BCUT2D eigenvalue weighted by Gasteiger charge is 2.12. The van der Waals surface area contributed by atoms with Crippen molar-refractivity contribution >= 4 is 35.1 Å². The van der Waals surface area contributed by atoms with Gasteiger partial charge >= 0.3 is 5.95 Å². The Balaban J connectivity index is 1.80. The van der Waals surface area contributed by atoms with Crippen molar-refractivity contribution in [2.24, 2.45) is 4.99 Å². The van der Waals surface area contributed by atoms with Crippen LogP contribution >= 0.6 is 23.2 Å². The second-order valence-electron chi connectivity index (χ2n) is 5.86. The number of hydrogen-bond acceptors (Lipinski definition) is 4. The van der Waals surface area contributed by atoms with Gasteiger partial charge in [-0.2, -0.15) is 0 Å². The van der Waals surface area contributed by atoms with Gasteiger partial charge in [0.2, 0.25) is 5.89 Å². The summed E-state index contributed by atoms with van der Waals surface area (Å²) in [7, 11) is 0. The highest BCUT2D eigenvalue weighted by Crippen LogP contribution is 2.29. The number of unbranched alkanes of at least 4 members (excludes halogenated alkanes) is 1. The molecule has 0 fully saturated rings. The lowest BCUT2D eigenvalue weighted by atomic mass is 10.1. The van der Waals surface area contributed by atoms with E-state index in [1.165, 1.54) is 11.8 Å². The quantitative estimate of drug-likeness (QED) is 0.493. The molecule has 2 aromatic carbocycles. The van der Waals surface area contributed by atoms with Crippen LogP contribution in [0.25, 0.3) is 11.5 Å². The van der Waals surface area contributed by atoms with Crippen LogP contribution < -0.4 is 0 Å². The van der Waals surface area contributed by atoms with E-state index in [0.29, 0.717) is 21.6 Å². The van der Waals surface area contributed by atoms with Crippen LogP contribution in [0.15, 0.2) is 51.9 Å². The van der Waals surface area contributed by atoms with Gasteiger partial charge in [-0.15, -0.1) is 0 Å². The highest BCUT2D eigenvalue weighted by atomic mass is 35.5. The first-order valence-corrected chi connectivity index (χ1v) is 9.10. The molecule has 0 unspecified atom stereocenters. The molecule has 1 N–H and O–H groups in total. The first-order valence-electron chi connectivity index (χ1n) is 8.35. The van der Waals surface area contributed by atoms with Gasteiger partial charge < -0.3 is 9.52 Å². The lowest BCUT2D eigenvalue weighted by Crippen LogP contribution is -1.86. The van der Waals surface area contributed by atoms with Gasteiger partial charge in [0.05, 0.1) is 16.9 Å². The minimum absolute atomic E-state index is 0.228. The maximum absolute atomic E-state index is 9.99. The molecule has 3 rings (SSSR count). The van der Waals surface area contributed by atoms with Crippen molar-refractivity contribution in [3.8, 4) is 17.4 Å². The number of halogens is 2. The first kappa shape index (κ1) is 18.5. The normalized spacial score (nSPS) is 11.3. The van der Waals surface area contributed by atoms with E-state index in [4.69, 9.17) is 27.6 Å². The van der Waals surface area contributed by atoms with E-state index in [2.05, 4.69) is 16.9 Å². The average Bonchev–Trinajstić information content (AvgIpc) is 3.02. The van der Waals surface area contributed by atoms with Gasteiger partial charge in [-0.05, 0) is 48.7 Å². The standard InChI is InChI=1S/C20H18Cl2N2O2/c1-2-3-4-13-5-7-14(8-6-13)19-24-18(20(25)26-19)12-23-17-11-15(21)9-10-16(17)22/h5-12,25H,2-4H2,1H3. The second-order valence-corrected chi connectivity index (χ2v) is 6.71. The molecule has 0 aliphatic carbocycles. The van der Waals surface area contributed by atoms with Crippen LogP contribution in [0.2, 0.25) is 10.0 Å². The van der Waals surface area contributed by atoms with E-state index in [1.54, 1.807) is 18.2 Å². The first-order chi connectivity index (χ1) is 12.6. The molecule has 0 atom stereocenters. The van der Waals surface area contributed by atoms with Gasteiger partial charge in [0.25, 0.3) is 0 Å². The number of aliphatic imine (C=N–C) groups is 1. The zero-order valence-electron chi connectivity index (χ0n) is 14.2. The molecule has 3 aromatic rings. The average molecular weight is 389 g/mol. The van der Waals surface area contributed by atoms with Crippen molar-refractivity contribution in [3.63, 3.8) is 0 Å². The minimum Gasteiger partial charge on any atom is -0.479 e. The molecule has 1 aromatic heterocycles. The highest BCUT2D eigenvalue weighted by molar-refractivity contribution is 6.35. The summed E-state index contributed by atoms with van der Waals surface area (Å²) in [5.74, 6) is 0.0418. The maximum Gasteiger partial charge on any atom is 0.312 e. The molecule has 0 bridgehead atoms. The summed E-state index contributed by atoms with van der Waals surface area (Å²) in [6.45, 7) is 2.17. The fraction of sp³-hybridized carbons (Fsp3) is 0.200. The van der Waals surface area contributed by atoms with Gasteiger partial charge in [0.1, 0.15) is 0 Å². The third-order valence-electron chi connectivity index (χ3n) is 3.89. The van der Waals surface area contributed by atoms with Crippen LogP contribution in [-0.2, 0) is 6.42 Å². The fourth-order valence-electron chi connectivity index (χ4n) is 2.44. The van der Waals surface area contributed by atoms with Crippen molar-refractivity contribution in [2.75, 3.05) is 0 Å². The summed E-state index contributed by atoms with van der Waals surface area (Å²) in [4.78, 5) is 8.53. The van der Waals surface area contributed by atoms with Crippen LogP contribution in [0.4, 0.5) is 5.69 Å². The van der Waals surface area contributed by atoms with Crippen molar-refractivity contribution in [3.05, 3.63) is 63.8 Å². The molecule has 0 spiro atoms. The van der Waals surface area contributed by atoms with E-state index in [-0.39, 0.29) is 11.6 Å². The molecule has 0 radical (unpaired) electrons. The molecule has 134 valence electrons. The number of oxazole rings is 1. The summed E-state index contributed by atoms with van der Waals surface area (Å²) >= 11 is 12.0.